The number of aryl methyl sites for hydroxylation is 1. The maximum atomic E-state index is 5.74. The summed E-state index contributed by atoms with van der Waals surface area (Å²) in [5, 5.41) is 7.93. The molecule has 0 aromatic carbocycles. The van der Waals surface area contributed by atoms with E-state index in [9.17, 15) is 0 Å². The van der Waals surface area contributed by atoms with Crippen LogP contribution in [0.25, 0.3) is 0 Å². The smallest absolute Gasteiger partial charge is 0.169 e. The molecular weight excluding hydrogens is 192 g/mol. The molecule has 15 heavy (non-hydrogen) atoms. The number of ether oxygens (including phenoxy) is 1. The highest BCUT2D eigenvalue weighted by molar-refractivity contribution is 5.32. The summed E-state index contributed by atoms with van der Waals surface area (Å²) in [6, 6.07) is 0. The third kappa shape index (κ3) is 3.51. The summed E-state index contributed by atoms with van der Waals surface area (Å²) in [6.45, 7) is 3.80. The topological polar surface area (TPSA) is 66.0 Å². The summed E-state index contributed by atoms with van der Waals surface area (Å²) in [7, 11) is 1.72. The second-order valence-electron chi connectivity index (χ2n) is 3.59. The molecule has 1 aromatic heterocycles. The summed E-state index contributed by atoms with van der Waals surface area (Å²) >= 11 is 0. The fraction of sp³-hybridized carbons (Fsp3) is 0.800. The molecule has 0 aliphatic carbocycles. The summed E-state index contributed by atoms with van der Waals surface area (Å²) in [4.78, 5) is 0. The standard InChI is InChI=1S/C10H20N4O/c1-3-6-9-10(11)12-13-14(9)7-4-5-8-15-2/h3-8,11H2,1-2H3. The van der Waals surface area contributed by atoms with E-state index in [0.717, 1.165) is 44.5 Å². The molecule has 0 fully saturated rings. The average Bonchev–Trinajstić information content (AvgIpc) is 2.57. The van der Waals surface area contributed by atoms with Crippen LogP contribution in [0.2, 0.25) is 0 Å². The van der Waals surface area contributed by atoms with E-state index in [1.807, 2.05) is 4.68 Å². The molecule has 0 bridgehead atoms. The SMILES string of the molecule is CCCc1c(N)nnn1CCCCOC. The number of anilines is 1. The number of hydrogen-bond donors (Lipinski definition) is 1. The molecular formula is C10H20N4O. The van der Waals surface area contributed by atoms with Gasteiger partial charge in [0.2, 0.25) is 0 Å². The number of nitrogen functional groups attached to an aromatic ring is 1. The fourth-order valence-electron chi connectivity index (χ4n) is 1.53. The highest BCUT2D eigenvalue weighted by Gasteiger charge is 2.08. The third-order valence-electron chi connectivity index (χ3n) is 2.32. The van der Waals surface area contributed by atoms with E-state index in [1.165, 1.54) is 0 Å². The van der Waals surface area contributed by atoms with Crippen LogP contribution in [0.5, 0.6) is 0 Å². The van der Waals surface area contributed by atoms with Crippen LogP contribution in [0, 0.1) is 0 Å². The van der Waals surface area contributed by atoms with Crippen LogP contribution in [0.1, 0.15) is 31.9 Å². The summed E-state index contributed by atoms with van der Waals surface area (Å²) in [5.74, 6) is 0.573. The molecule has 0 aliphatic heterocycles. The highest BCUT2D eigenvalue weighted by Crippen LogP contribution is 2.10. The van der Waals surface area contributed by atoms with Gasteiger partial charge in [0.15, 0.2) is 5.82 Å². The van der Waals surface area contributed by atoms with Crippen molar-refractivity contribution in [1.82, 2.24) is 15.0 Å². The van der Waals surface area contributed by atoms with Crippen molar-refractivity contribution in [2.45, 2.75) is 39.2 Å². The number of rotatable bonds is 7. The first-order valence-electron chi connectivity index (χ1n) is 5.46. The third-order valence-corrected chi connectivity index (χ3v) is 2.32. The lowest BCUT2D eigenvalue weighted by Gasteiger charge is -2.05. The van der Waals surface area contributed by atoms with Crippen LogP contribution in [0.15, 0.2) is 0 Å². The van der Waals surface area contributed by atoms with Gasteiger partial charge in [0, 0.05) is 20.3 Å². The maximum absolute atomic E-state index is 5.74. The zero-order valence-electron chi connectivity index (χ0n) is 9.57. The Bertz CT molecular complexity index is 285. The van der Waals surface area contributed by atoms with Crippen molar-refractivity contribution in [2.75, 3.05) is 19.5 Å². The molecule has 1 heterocycles. The summed E-state index contributed by atoms with van der Waals surface area (Å²) in [6.07, 6.45) is 4.11. The monoisotopic (exact) mass is 212 g/mol. The van der Waals surface area contributed by atoms with Crippen molar-refractivity contribution >= 4 is 5.82 Å². The van der Waals surface area contributed by atoms with Gasteiger partial charge < -0.3 is 10.5 Å². The molecule has 2 N–H and O–H groups in total. The van der Waals surface area contributed by atoms with Crippen LogP contribution >= 0.6 is 0 Å². The van der Waals surface area contributed by atoms with Gasteiger partial charge in [-0.25, -0.2) is 4.68 Å². The van der Waals surface area contributed by atoms with Crippen molar-refractivity contribution in [1.29, 1.82) is 0 Å². The van der Waals surface area contributed by atoms with Crippen molar-refractivity contribution in [2.24, 2.45) is 0 Å². The number of unbranched alkanes of at least 4 members (excludes halogenated alkanes) is 1. The molecule has 1 aromatic rings. The minimum Gasteiger partial charge on any atom is -0.385 e. The Morgan fingerprint density at radius 2 is 2.20 bits per heavy atom. The zero-order chi connectivity index (χ0) is 11.1. The Balaban J connectivity index is 2.45. The van der Waals surface area contributed by atoms with Crippen LogP contribution in [0.3, 0.4) is 0 Å². The van der Waals surface area contributed by atoms with Gasteiger partial charge in [-0.2, -0.15) is 0 Å². The first-order chi connectivity index (χ1) is 7.29. The second-order valence-corrected chi connectivity index (χ2v) is 3.59. The lowest BCUT2D eigenvalue weighted by atomic mass is 10.2. The molecule has 0 spiro atoms. The van der Waals surface area contributed by atoms with Crippen molar-refractivity contribution in [3.63, 3.8) is 0 Å². The van der Waals surface area contributed by atoms with E-state index in [1.54, 1.807) is 7.11 Å². The van der Waals surface area contributed by atoms with Gasteiger partial charge in [0.05, 0.1) is 5.69 Å². The molecule has 0 saturated heterocycles. The minimum absolute atomic E-state index is 0.573. The van der Waals surface area contributed by atoms with E-state index in [0.29, 0.717) is 5.82 Å². The molecule has 0 unspecified atom stereocenters. The van der Waals surface area contributed by atoms with Gasteiger partial charge in [-0.15, -0.1) is 5.10 Å². The maximum Gasteiger partial charge on any atom is 0.169 e. The minimum atomic E-state index is 0.573. The quantitative estimate of drug-likeness (QED) is 0.690. The van der Waals surface area contributed by atoms with Crippen molar-refractivity contribution < 1.29 is 4.74 Å². The van der Waals surface area contributed by atoms with E-state index in [4.69, 9.17) is 10.5 Å². The molecule has 5 heteroatoms. The molecule has 0 aliphatic rings. The highest BCUT2D eigenvalue weighted by atomic mass is 16.5. The van der Waals surface area contributed by atoms with E-state index in [-0.39, 0.29) is 0 Å². The first-order valence-corrected chi connectivity index (χ1v) is 5.46. The molecule has 86 valence electrons. The predicted molar refractivity (Wildman–Crippen MR) is 59.5 cm³/mol. The van der Waals surface area contributed by atoms with Crippen LogP contribution in [-0.2, 0) is 17.7 Å². The van der Waals surface area contributed by atoms with Gasteiger partial charge in [0.25, 0.3) is 0 Å². The predicted octanol–water partition coefficient (Wildman–Crippen LogP) is 1.24. The van der Waals surface area contributed by atoms with E-state index in [2.05, 4.69) is 17.2 Å². The Morgan fingerprint density at radius 1 is 1.40 bits per heavy atom. The van der Waals surface area contributed by atoms with Crippen molar-refractivity contribution in [3.05, 3.63) is 5.69 Å². The normalized spacial score (nSPS) is 10.8. The van der Waals surface area contributed by atoms with Gasteiger partial charge in [-0.3, -0.25) is 0 Å². The van der Waals surface area contributed by atoms with E-state index < -0.39 is 0 Å². The Kier molecular flexibility index (Phi) is 5.10. The number of nitrogens with two attached hydrogens (primary N) is 1. The van der Waals surface area contributed by atoms with Crippen LogP contribution in [0.4, 0.5) is 5.82 Å². The Labute approximate surface area is 90.6 Å². The molecule has 0 radical (unpaired) electrons. The lowest BCUT2D eigenvalue weighted by Crippen LogP contribution is -2.07. The van der Waals surface area contributed by atoms with Gasteiger partial charge in [-0.1, -0.05) is 18.6 Å². The average molecular weight is 212 g/mol. The molecule has 0 atom stereocenters. The number of methoxy groups -OCH3 is 1. The zero-order valence-corrected chi connectivity index (χ0v) is 9.57. The molecule has 5 nitrogen and oxygen atoms in total. The van der Waals surface area contributed by atoms with Gasteiger partial charge in [-0.05, 0) is 19.3 Å². The van der Waals surface area contributed by atoms with Gasteiger partial charge in [0.1, 0.15) is 0 Å². The van der Waals surface area contributed by atoms with E-state index >= 15 is 0 Å². The second kappa shape index (κ2) is 6.40. The fourth-order valence-corrected chi connectivity index (χ4v) is 1.53. The molecule has 1 rings (SSSR count). The first kappa shape index (κ1) is 12.0. The van der Waals surface area contributed by atoms with Crippen LogP contribution < -0.4 is 5.73 Å². The largest absolute Gasteiger partial charge is 0.385 e. The lowest BCUT2D eigenvalue weighted by molar-refractivity contribution is 0.190. The Morgan fingerprint density at radius 3 is 2.87 bits per heavy atom. The molecule has 0 saturated carbocycles. The van der Waals surface area contributed by atoms with Gasteiger partial charge >= 0.3 is 0 Å². The van der Waals surface area contributed by atoms with Crippen LogP contribution in [-0.4, -0.2) is 28.7 Å². The number of aromatic nitrogens is 3. The summed E-state index contributed by atoms with van der Waals surface area (Å²) in [5.41, 5.74) is 6.80. The molecule has 0 amide bonds. The summed E-state index contributed by atoms with van der Waals surface area (Å²) < 4.78 is 6.90. The Hall–Kier alpha value is -1.10. The number of nitrogens with zero attached hydrogens (tertiary/aromatic N) is 3. The van der Waals surface area contributed by atoms with Crippen molar-refractivity contribution in [3.8, 4) is 0 Å². The number of hydrogen-bond acceptors (Lipinski definition) is 4.